The molecule has 3 heteroatoms. The highest BCUT2D eigenvalue weighted by atomic mass is 16.5. The van der Waals surface area contributed by atoms with Gasteiger partial charge in [0.25, 0.3) is 5.91 Å². The quantitative estimate of drug-likeness (QED) is 0.725. The number of hydrogen-bond donors (Lipinski definition) is 0. The van der Waals surface area contributed by atoms with E-state index in [1.807, 2.05) is 54.6 Å². The maximum absolute atomic E-state index is 12.8. The Morgan fingerprint density at radius 2 is 1.74 bits per heavy atom. The molecule has 0 saturated heterocycles. The Labute approximate surface area is 136 Å². The molecule has 0 heterocycles. The van der Waals surface area contributed by atoms with Crippen LogP contribution in [-0.4, -0.2) is 32.0 Å². The summed E-state index contributed by atoms with van der Waals surface area (Å²) >= 11 is 0. The van der Waals surface area contributed by atoms with E-state index >= 15 is 0 Å². The van der Waals surface area contributed by atoms with Crippen LogP contribution in [0.2, 0.25) is 0 Å². The van der Waals surface area contributed by atoms with E-state index in [0.29, 0.717) is 0 Å². The van der Waals surface area contributed by atoms with Gasteiger partial charge in [-0.2, -0.15) is 0 Å². The van der Waals surface area contributed by atoms with Gasteiger partial charge in [0.05, 0.1) is 12.7 Å². The molecular formula is C20H19NO2. The monoisotopic (exact) mass is 305 g/mol. The van der Waals surface area contributed by atoms with E-state index in [1.54, 1.807) is 26.1 Å². The van der Waals surface area contributed by atoms with Crippen molar-refractivity contribution in [2.24, 2.45) is 0 Å². The van der Waals surface area contributed by atoms with Crippen LogP contribution in [0.3, 0.4) is 0 Å². The van der Waals surface area contributed by atoms with E-state index in [0.717, 1.165) is 33.2 Å². The fraction of sp³-hybridized carbons (Fsp3) is 0.150. The average molecular weight is 305 g/mol. The number of fused-ring (bicyclic) bond motifs is 1. The average Bonchev–Trinajstić information content (AvgIpc) is 2.60. The van der Waals surface area contributed by atoms with Gasteiger partial charge in [-0.05, 0) is 34.0 Å². The van der Waals surface area contributed by atoms with E-state index in [4.69, 9.17) is 4.74 Å². The van der Waals surface area contributed by atoms with E-state index in [2.05, 4.69) is 6.07 Å². The number of methoxy groups -OCH3 is 1. The van der Waals surface area contributed by atoms with Gasteiger partial charge in [-0.3, -0.25) is 4.79 Å². The van der Waals surface area contributed by atoms with Gasteiger partial charge >= 0.3 is 0 Å². The van der Waals surface area contributed by atoms with Crippen LogP contribution in [-0.2, 0) is 0 Å². The zero-order valence-corrected chi connectivity index (χ0v) is 13.5. The largest absolute Gasteiger partial charge is 0.497 e. The maximum Gasteiger partial charge on any atom is 0.254 e. The predicted octanol–water partition coefficient (Wildman–Crippen LogP) is 4.22. The van der Waals surface area contributed by atoms with Crippen LogP contribution < -0.4 is 4.74 Å². The molecule has 0 aliphatic rings. The molecule has 0 N–H and O–H groups in total. The third-order valence-corrected chi connectivity index (χ3v) is 3.93. The first kappa shape index (κ1) is 15.1. The third kappa shape index (κ3) is 2.78. The number of hydrogen-bond acceptors (Lipinski definition) is 2. The molecule has 0 spiro atoms. The van der Waals surface area contributed by atoms with Gasteiger partial charge in [-0.25, -0.2) is 0 Å². The predicted molar refractivity (Wildman–Crippen MR) is 94.0 cm³/mol. The van der Waals surface area contributed by atoms with Crippen molar-refractivity contribution < 1.29 is 9.53 Å². The number of ether oxygens (including phenoxy) is 1. The minimum Gasteiger partial charge on any atom is -0.497 e. The molecule has 0 radical (unpaired) electrons. The lowest BCUT2D eigenvalue weighted by Crippen LogP contribution is -2.22. The highest BCUT2D eigenvalue weighted by Gasteiger charge is 2.18. The first-order chi connectivity index (χ1) is 11.1. The summed E-state index contributed by atoms with van der Waals surface area (Å²) in [6.07, 6.45) is 0. The van der Waals surface area contributed by atoms with Crippen molar-refractivity contribution in [2.45, 2.75) is 0 Å². The van der Waals surface area contributed by atoms with Crippen molar-refractivity contribution in [3.05, 3.63) is 66.2 Å². The SMILES string of the molecule is COc1cccc(-c2ccc3ccccc3c2C(=O)N(C)C)c1. The van der Waals surface area contributed by atoms with Crippen molar-refractivity contribution in [1.29, 1.82) is 0 Å². The molecule has 0 atom stereocenters. The minimum atomic E-state index is -0.000352. The second kappa shape index (κ2) is 6.13. The Hall–Kier alpha value is -2.81. The fourth-order valence-corrected chi connectivity index (χ4v) is 2.76. The van der Waals surface area contributed by atoms with Gasteiger partial charge in [-0.15, -0.1) is 0 Å². The number of rotatable bonds is 3. The lowest BCUT2D eigenvalue weighted by atomic mass is 9.93. The van der Waals surface area contributed by atoms with Crippen LogP contribution in [0.15, 0.2) is 60.7 Å². The summed E-state index contributed by atoms with van der Waals surface area (Å²) in [5.41, 5.74) is 2.61. The molecule has 1 amide bonds. The van der Waals surface area contributed by atoms with Gasteiger partial charge < -0.3 is 9.64 Å². The molecular weight excluding hydrogens is 286 g/mol. The fourth-order valence-electron chi connectivity index (χ4n) is 2.76. The summed E-state index contributed by atoms with van der Waals surface area (Å²) in [5, 5.41) is 2.02. The highest BCUT2D eigenvalue weighted by molar-refractivity contribution is 6.12. The smallest absolute Gasteiger partial charge is 0.254 e. The number of amides is 1. The Kier molecular flexibility index (Phi) is 4.02. The lowest BCUT2D eigenvalue weighted by Gasteiger charge is -2.17. The molecule has 0 saturated carbocycles. The Morgan fingerprint density at radius 3 is 2.48 bits per heavy atom. The normalized spacial score (nSPS) is 10.6. The van der Waals surface area contributed by atoms with Gasteiger partial charge in [0.15, 0.2) is 0 Å². The van der Waals surface area contributed by atoms with E-state index < -0.39 is 0 Å². The van der Waals surface area contributed by atoms with Crippen LogP contribution in [0, 0.1) is 0 Å². The van der Waals surface area contributed by atoms with Gasteiger partial charge in [0.1, 0.15) is 5.75 Å². The summed E-state index contributed by atoms with van der Waals surface area (Å²) < 4.78 is 5.32. The highest BCUT2D eigenvalue weighted by Crippen LogP contribution is 2.32. The van der Waals surface area contributed by atoms with E-state index in [-0.39, 0.29) is 5.91 Å². The number of carbonyl (C=O) groups is 1. The van der Waals surface area contributed by atoms with Crippen LogP contribution >= 0.6 is 0 Å². The number of nitrogens with zero attached hydrogens (tertiary/aromatic N) is 1. The Bertz CT molecular complexity index is 868. The molecule has 23 heavy (non-hydrogen) atoms. The van der Waals surface area contributed by atoms with Gasteiger partial charge in [-0.1, -0.05) is 48.5 Å². The summed E-state index contributed by atoms with van der Waals surface area (Å²) in [5.74, 6) is 0.776. The zero-order chi connectivity index (χ0) is 16.4. The van der Waals surface area contributed by atoms with E-state index in [1.165, 1.54) is 0 Å². The molecule has 0 unspecified atom stereocenters. The Balaban J connectivity index is 2.31. The third-order valence-electron chi connectivity index (χ3n) is 3.93. The summed E-state index contributed by atoms with van der Waals surface area (Å²) in [4.78, 5) is 14.4. The van der Waals surface area contributed by atoms with Crippen molar-refractivity contribution >= 4 is 16.7 Å². The summed E-state index contributed by atoms with van der Waals surface area (Å²) in [6, 6.07) is 19.8. The first-order valence-electron chi connectivity index (χ1n) is 7.49. The molecule has 0 aliphatic heterocycles. The molecule has 0 aromatic heterocycles. The molecule has 3 nitrogen and oxygen atoms in total. The molecule has 3 rings (SSSR count). The molecule has 0 fully saturated rings. The molecule has 0 aliphatic carbocycles. The van der Waals surface area contributed by atoms with Gasteiger partial charge in [0.2, 0.25) is 0 Å². The molecule has 3 aromatic rings. The zero-order valence-electron chi connectivity index (χ0n) is 13.5. The van der Waals surface area contributed by atoms with E-state index in [9.17, 15) is 4.79 Å². The molecule has 0 bridgehead atoms. The van der Waals surface area contributed by atoms with Crippen LogP contribution in [0.5, 0.6) is 5.75 Å². The first-order valence-corrected chi connectivity index (χ1v) is 7.49. The second-order valence-electron chi connectivity index (χ2n) is 5.64. The standard InChI is InChI=1S/C20H19NO2/c1-21(2)20(22)19-17-10-5-4-7-14(17)11-12-18(19)15-8-6-9-16(13-15)23-3/h4-13H,1-3H3. The number of carbonyl (C=O) groups excluding carboxylic acids is 1. The molecule has 3 aromatic carbocycles. The van der Waals surface area contributed by atoms with Crippen molar-refractivity contribution in [2.75, 3.05) is 21.2 Å². The van der Waals surface area contributed by atoms with Crippen molar-refractivity contribution in [3.63, 3.8) is 0 Å². The van der Waals surface area contributed by atoms with Crippen LogP contribution in [0.4, 0.5) is 0 Å². The summed E-state index contributed by atoms with van der Waals surface area (Å²) in [6.45, 7) is 0. The van der Waals surface area contributed by atoms with Crippen LogP contribution in [0.1, 0.15) is 10.4 Å². The van der Waals surface area contributed by atoms with Crippen molar-refractivity contribution in [1.82, 2.24) is 4.90 Å². The number of benzene rings is 3. The minimum absolute atomic E-state index is 0.000352. The topological polar surface area (TPSA) is 29.5 Å². The Morgan fingerprint density at radius 1 is 0.957 bits per heavy atom. The maximum atomic E-state index is 12.8. The van der Waals surface area contributed by atoms with Crippen LogP contribution in [0.25, 0.3) is 21.9 Å². The van der Waals surface area contributed by atoms with Gasteiger partial charge in [0, 0.05) is 14.1 Å². The summed E-state index contributed by atoms with van der Waals surface area (Å²) in [7, 11) is 5.20. The lowest BCUT2D eigenvalue weighted by molar-refractivity contribution is 0.0830. The second-order valence-corrected chi connectivity index (χ2v) is 5.64. The van der Waals surface area contributed by atoms with Crippen molar-refractivity contribution in [3.8, 4) is 16.9 Å². The molecule has 116 valence electrons.